The number of nitriles is 1. The van der Waals surface area contributed by atoms with Crippen LogP contribution in [0.25, 0.3) is 15.5 Å². The average Bonchev–Trinajstić information content (AvgIpc) is 2.95. The minimum atomic E-state index is 0.492. The predicted molar refractivity (Wildman–Crippen MR) is 72.3 cm³/mol. The molecule has 3 aromatic rings. The van der Waals surface area contributed by atoms with E-state index in [1.807, 2.05) is 31.2 Å². The highest BCUT2D eigenvalue weighted by Crippen LogP contribution is 2.28. The third-order valence-corrected chi connectivity index (χ3v) is 3.78. The van der Waals surface area contributed by atoms with Crippen LogP contribution in [0.1, 0.15) is 11.4 Å². The second-order valence-electron chi connectivity index (χ2n) is 3.99. The van der Waals surface area contributed by atoms with Crippen LogP contribution in [0, 0.1) is 18.3 Å². The number of hydrogen-bond donors (Lipinski definition) is 0. The van der Waals surface area contributed by atoms with Gasteiger partial charge in [0.1, 0.15) is 16.8 Å². The molecule has 19 heavy (non-hydrogen) atoms. The predicted octanol–water partition coefficient (Wildman–Crippen LogP) is 2.65. The van der Waals surface area contributed by atoms with Gasteiger partial charge in [-0.1, -0.05) is 11.3 Å². The molecule has 0 aliphatic carbocycles. The fourth-order valence-electron chi connectivity index (χ4n) is 1.83. The highest BCUT2D eigenvalue weighted by molar-refractivity contribution is 7.19. The summed E-state index contributed by atoms with van der Waals surface area (Å²) in [6.45, 7) is 1.81. The molecule has 5 nitrogen and oxygen atoms in total. The summed E-state index contributed by atoms with van der Waals surface area (Å²) < 4.78 is 6.72. The third kappa shape index (κ3) is 1.84. The van der Waals surface area contributed by atoms with Crippen LogP contribution in [0.15, 0.2) is 24.3 Å². The van der Waals surface area contributed by atoms with Gasteiger partial charge >= 0.3 is 0 Å². The van der Waals surface area contributed by atoms with E-state index in [0.29, 0.717) is 11.4 Å². The molecular weight excluding hydrogens is 260 g/mol. The van der Waals surface area contributed by atoms with Crippen molar-refractivity contribution in [2.45, 2.75) is 6.92 Å². The molecule has 0 fully saturated rings. The van der Waals surface area contributed by atoms with Crippen molar-refractivity contribution in [1.82, 2.24) is 14.6 Å². The maximum atomic E-state index is 9.09. The van der Waals surface area contributed by atoms with Crippen molar-refractivity contribution < 1.29 is 4.74 Å². The first-order chi connectivity index (χ1) is 9.22. The molecule has 6 heteroatoms. The first-order valence-corrected chi connectivity index (χ1v) is 6.45. The molecule has 94 valence electrons. The van der Waals surface area contributed by atoms with Crippen molar-refractivity contribution in [3.05, 3.63) is 35.7 Å². The molecule has 0 aliphatic rings. The molecule has 0 bridgehead atoms. The van der Waals surface area contributed by atoms with Gasteiger partial charge in [-0.3, -0.25) is 0 Å². The van der Waals surface area contributed by atoms with Crippen LogP contribution in [0.2, 0.25) is 0 Å². The Morgan fingerprint density at radius 1 is 1.32 bits per heavy atom. The third-order valence-electron chi connectivity index (χ3n) is 2.82. The second kappa shape index (κ2) is 4.37. The number of fused-ring (bicyclic) bond motifs is 1. The van der Waals surface area contributed by atoms with Crippen LogP contribution in [0.4, 0.5) is 0 Å². The first-order valence-electron chi connectivity index (χ1n) is 5.63. The maximum absolute atomic E-state index is 9.09. The fraction of sp³-hybridized carbons (Fsp3) is 0.154. The topological polar surface area (TPSA) is 63.2 Å². The molecule has 0 spiro atoms. The van der Waals surface area contributed by atoms with Gasteiger partial charge in [-0.2, -0.15) is 14.9 Å². The Kier molecular flexibility index (Phi) is 2.69. The van der Waals surface area contributed by atoms with Crippen LogP contribution >= 0.6 is 11.3 Å². The molecule has 2 aromatic heterocycles. The minimum absolute atomic E-state index is 0.492. The van der Waals surface area contributed by atoms with Crippen molar-refractivity contribution >= 4 is 16.3 Å². The molecule has 2 heterocycles. The summed E-state index contributed by atoms with van der Waals surface area (Å²) in [7, 11) is 1.63. The summed E-state index contributed by atoms with van der Waals surface area (Å²) in [5.74, 6) is 0.804. The number of ether oxygens (including phenoxy) is 1. The van der Waals surface area contributed by atoms with Gasteiger partial charge < -0.3 is 4.74 Å². The molecule has 0 saturated heterocycles. The van der Waals surface area contributed by atoms with Crippen molar-refractivity contribution in [2.24, 2.45) is 0 Å². The lowest BCUT2D eigenvalue weighted by Gasteiger charge is -1.99. The number of benzene rings is 1. The summed E-state index contributed by atoms with van der Waals surface area (Å²) in [5.41, 5.74) is 2.19. The Morgan fingerprint density at radius 2 is 2.05 bits per heavy atom. The van der Waals surface area contributed by atoms with Crippen molar-refractivity contribution in [2.75, 3.05) is 7.11 Å². The number of imidazole rings is 1. The molecule has 0 saturated carbocycles. The van der Waals surface area contributed by atoms with E-state index < -0.39 is 0 Å². The van der Waals surface area contributed by atoms with E-state index in [1.54, 1.807) is 11.6 Å². The molecule has 3 rings (SSSR count). The molecule has 0 radical (unpaired) electrons. The van der Waals surface area contributed by atoms with Crippen molar-refractivity contribution in [3.63, 3.8) is 0 Å². The van der Waals surface area contributed by atoms with E-state index in [0.717, 1.165) is 21.3 Å². The molecule has 0 aliphatic heterocycles. The van der Waals surface area contributed by atoms with E-state index in [1.165, 1.54) is 11.3 Å². The Morgan fingerprint density at radius 3 is 2.68 bits per heavy atom. The zero-order chi connectivity index (χ0) is 13.4. The first kappa shape index (κ1) is 11.7. The van der Waals surface area contributed by atoms with Gasteiger partial charge in [0.15, 0.2) is 5.69 Å². The highest BCUT2D eigenvalue weighted by atomic mass is 32.1. The van der Waals surface area contributed by atoms with Gasteiger partial charge in [0, 0.05) is 5.56 Å². The molecule has 0 atom stereocenters. The summed E-state index contributed by atoms with van der Waals surface area (Å²) in [5, 5.41) is 14.4. The summed E-state index contributed by atoms with van der Waals surface area (Å²) in [4.78, 5) is 5.07. The number of aromatic nitrogens is 3. The molecule has 0 unspecified atom stereocenters. The van der Waals surface area contributed by atoms with Crippen LogP contribution in [-0.4, -0.2) is 21.7 Å². The molecule has 0 amide bonds. The SMILES string of the molecule is COc1ccc(-c2nn3c(C#N)c(C)nc3s2)cc1. The Balaban J connectivity index is 2.10. The number of methoxy groups -OCH3 is 1. The average molecular weight is 270 g/mol. The van der Waals surface area contributed by atoms with Crippen LogP contribution in [-0.2, 0) is 0 Å². The van der Waals surface area contributed by atoms with Gasteiger partial charge in [0.25, 0.3) is 0 Å². The monoisotopic (exact) mass is 270 g/mol. The Hall–Kier alpha value is -2.39. The molecule has 1 aromatic carbocycles. The van der Waals surface area contributed by atoms with Gasteiger partial charge in [0.05, 0.1) is 12.8 Å². The van der Waals surface area contributed by atoms with Crippen LogP contribution in [0.3, 0.4) is 0 Å². The van der Waals surface area contributed by atoms with E-state index in [4.69, 9.17) is 10.00 Å². The highest BCUT2D eigenvalue weighted by Gasteiger charge is 2.14. The van der Waals surface area contributed by atoms with E-state index in [2.05, 4.69) is 16.2 Å². The van der Waals surface area contributed by atoms with Gasteiger partial charge in [-0.25, -0.2) is 4.98 Å². The smallest absolute Gasteiger partial charge is 0.213 e. The largest absolute Gasteiger partial charge is 0.497 e. The van der Waals surface area contributed by atoms with E-state index in [-0.39, 0.29) is 0 Å². The Labute approximate surface area is 113 Å². The molecule has 0 N–H and O–H groups in total. The minimum Gasteiger partial charge on any atom is -0.497 e. The lowest BCUT2D eigenvalue weighted by atomic mass is 10.2. The Bertz CT molecular complexity index is 779. The summed E-state index contributed by atoms with van der Waals surface area (Å²) >= 11 is 1.46. The number of nitrogens with zero attached hydrogens (tertiary/aromatic N) is 4. The fourth-order valence-corrected chi connectivity index (χ4v) is 2.78. The zero-order valence-electron chi connectivity index (χ0n) is 10.4. The van der Waals surface area contributed by atoms with Crippen LogP contribution < -0.4 is 4.74 Å². The normalized spacial score (nSPS) is 10.6. The standard InChI is InChI=1S/C13H10N4OS/c1-8-11(7-14)17-13(15-8)19-12(16-17)9-3-5-10(18-2)6-4-9/h3-6H,1-2H3. The van der Waals surface area contributed by atoms with E-state index in [9.17, 15) is 0 Å². The van der Waals surface area contributed by atoms with Gasteiger partial charge in [-0.05, 0) is 31.2 Å². The number of aryl methyl sites for hydroxylation is 1. The quantitative estimate of drug-likeness (QED) is 0.718. The lowest BCUT2D eigenvalue weighted by molar-refractivity contribution is 0.415. The van der Waals surface area contributed by atoms with Gasteiger partial charge in [-0.15, -0.1) is 0 Å². The van der Waals surface area contributed by atoms with E-state index >= 15 is 0 Å². The van der Waals surface area contributed by atoms with Crippen molar-refractivity contribution in [3.8, 4) is 22.4 Å². The summed E-state index contributed by atoms with van der Waals surface area (Å²) in [6.07, 6.45) is 0. The number of rotatable bonds is 2. The summed E-state index contributed by atoms with van der Waals surface area (Å²) in [6, 6.07) is 9.78. The second-order valence-corrected chi connectivity index (χ2v) is 4.94. The number of hydrogen-bond acceptors (Lipinski definition) is 5. The zero-order valence-corrected chi connectivity index (χ0v) is 11.2. The maximum Gasteiger partial charge on any atom is 0.213 e. The molecular formula is C13H10N4OS. The van der Waals surface area contributed by atoms with Crippen molar-refractivity contribution in [1.29, 1.82) is 5.26 Å². The van der Waals surface area contributed by atoms with Crippen LogP contribution in [0.5, 0.6) is 5.75 Å². The lowest BCUT2D eigenvalue weighted by Crippen LogP contribution is -1.90. The van der Waals surface area contributed by atoms with Gasteiger partial charge in [0.2, 0.25) is 4.96 Å².